The van der Waals surface area contributed by atoms with E-state index < -0.39 is 23.3 Å². The second-order valence-corrected chi connectivity index (χ2v) is 8.07. The van der Waals surface area contributed by atoms with Gasteiger partial charge >= 0.3 is 6.18 Å². The molecule has 6 nitrogen and oxygen atoms in total. The maximum absolute atomic E-state index is 13.2. The third kappa shape index (κ3) is 2.68. The van der Waals surface area contributed by atoms with Gasteiger partial charge in [-0.15, -0.1) is 0 Å². The van der Waals surface area contributed by atoms with Gasteiger partial charge in [0.2, 0.25) is 5.91 Å². The standard InChI is InChI=1S/C17H21F3N4O2/c1-8-12(17(18,19)20)13(23-22-8)14(25)21-10-5-9-6-11(10)24(7-9)15(26)16(2)3-4-16/h9-11H,3-7H2,1-2H3,(H,21,25)(H,22,23)/t9-,10-,11-/m1/s1. The van der Waals surface area contributed by atoms with Gasteiger partial charge in [0.25, 0.3) is 5.91 Å². The maximum atomic E-state index is 13.2. The molecule has 1 aromatic rings. The number of carbonyl (C=O) groups excluding carboxylic acids is 2. The van der Waals surface area contributed by atoms with Crippen LogP contribution < -0.4 is 5.32 Å². The molecule has 2 bridgehead atoms. The van der Waals surface area contributed by atoms with Gasteiger partial charge in [-0.25, -0.2) is 0 Å². The van der Waals surface area contributed by atoms with E-state index in [1.807, 2.05) is 11.8 Å². The molecular formula is C17H21F3N4O2. The zero-order valence-corrected chi connectivity index (χ0v) is 14.6. The molecule has 2 amide bonds. The first-order valence-corrected chi connectivity index (χ1v) is 8.84. The lowest BCUT2D eigenvalue weighted by molar-refractivity contribution is -0.138. The Morgan fingerprint density at radius 1 is 1.31 bits per heavy atom. The van der Waals surface area contributed by atoms with Crippen LogP contribution in [-0.4, -0.2) is 45.5 Å². The highest BCUT2D eigenvalue weighted by atomic mass is 19.4. The number of halogens is 3. The summed E-state index contributed by atoms with van der Waals surface area (Å²) in [6, 6.07) is -0.464. The van der Waals surface area contributed by atoms with Gasteiger partial charge in [-0.05, 0) is 38.5 Å². The van der Waals surface area contributed by atoms with Crippen LogP contribution in [0, 0.1) is 18.3 Å². The van der Waals surface area contributed by atoms with E-state index in [0.29, 0.717) is 18.9 Å². The van der Waals surface area contributed by atoms with E-state index in [0.717, 1.165) is 19.3 Å². The molecule has 1 aromatic heterocycles. The molecule has 1 aliphatic heterocycles. The molecule has 0 spiro atoms. The number of hydrogen-bond donors (Lipinski definition) is 2. The predicted octanol–water partition coefficient (Wildman–Crippen LogP) is 2.26. The van der Waals surface area contributed by atoms with Crippen molar-refractivity contribution in [1.82, 2.24) is 20.4 Å². The normalized spacial score (nSPS) is 29.1. The average molecular weight is 370 g/mol. The number of hydrogen-bond acceptors (Lipinski definition) is 3. The molecule has 26 heavy (non-hydrogen) atoms. The Balaban J connectivity index is 1.50. The van der Waals surface area contributed by atoms with Crippen LogP contribution in [0.3, 0.4) is 0 Å². The highest BCUT2D eigenvalue weighted by Gasteiger charge is 2.54. The Labute approximate surface area is 148 Å². The monoisotopic (exact) mass is 370 g/mol. The van der Waals surface area contributed by atoms with Crippen LogP contribution >= 0.6 is 0 Å². The number of aromatic nitrogens is 2. The van der Waals surface area contributed by atoms with E-state index >= 15 is 0 Å². The molecule has 142 valence electrons. The van der Waals surface area contributed by atoms with Crippen LogP contribution in [-0.2, 0) is 11.0 Å². The molecular weight excluding hydrogens is 349 g/mol. The van der Waals surface area contributed by atoms with Crippen molar-refractivity contribution in [2.45, 2.75) is 57.8 Å². The van der Waals surface area contributed by atoms with Crippen LogP contribution in [0.4, 0.5) is 13.2 Å². The minimum absolute atomic E-state index is 0.107. The number of nitrogens with one attached hydrogen (secondary N) is 2. The van der Waals surface area contributed by atoms with Crippen LogP contribution in [0.1, 0.15) is 54.4 Å². The third-order valence-corrected chi connectivity index (χ3v) is 6.02. The predicted molar refractivity (Wildman–Crippen MR) is 85.1 cm³/mol. The summed E-state index contributed by atoms with van der Waals surface area (Å²) in [6.07, 6.45) is -1.43. The number of likely N-dealkylation sites (tertiary alicyclic amines) is 1. The molecule has 2 N–H and O–H groups in total. The smallest absolute Gasteiger partial charge is 0.346 e. The molecule has 4 rings (SSSR count). The fourth-order valence-corrected chi connectivity index (χ4v) is 4.34. The van der Waals surface area contributed by atoms with Crippen LogP contribution in [0.2, 0.25) is 0 Å². The van der Waals surface area contributed by atoms with E-state index in [4.69, 9.17) is 0 Å². The lowest BCUT2D eigenvalue weighted by atomic mass is 10.0. The third-order valence-electron chi connectivity index (χ3n) is 6.02. The number of fused-ring (bicyclic) bond motifs is 2. The average Bonchev–Trinajstić information content (AvgIpc) is 2.90. The number of rotatable bonds is 3. The Bertz CT molecular complexity index is 769. The second-order valence-electron chi connectivity index (χ2n) is 8.07. The van der Waals surface area contributed by atoms with Gasteiger partial charge in [0.15, 0.2) is 5.69 Å². The Kier molecular flexibility index (Phi) is 3.65. The van der Waals surface area contributed by atoms with Gasteiger partial charge in [0.1, 0.15) is 5.56 Å². The Hall–Kier alpha value is -2.06. The number of carbonyl (C=O) groups is 2. The first-order valence-electron chi connectivity index (χ1n) is 8.84. The molecule has 2 aliphatic carbocycles. The second kappa shape index (κ2) is 5.47. The van der Waals surface area contributed by atoms with Crippen LogP contribution in [0.5, 0.6) is 0 Å². The van der Waals surface area contributed by atoms with Crippen molar-refractivity contribution in [3.05, 3.63) is 17.0 Å². The van der Waals surface area contributed by atoms with Crippen molar-refractivity contribution in [2.24, 2.45) is 11.3 Å². The van der Waals surface area contributed by atoms with E-state index in [9.17, 15) is 22.8 Å². The summed E-state index contributed by atoms with van der Waals surface area (Å²) < 4.78 is 39.5. The number of amides is 2. The summed E-state index contributed by atoms with van der Waals surface area (Å²) in [6.45, 7) is 3.86. The van der Waals surface area contributed by atoms with Crippen molar-refractivity contribution < 1.29 is 22.8 Å². The molecule has 3 atom stereocenters. The Morgan fingerprint density at radius 2 is 2.00 bits per heavy atom. The summed E-state index contributed by atoms with van der Waals surface area (Å²) in [5.74, 6) is -0.445. The largest absolute Gasteiger partial charge is 0.420 e. The first kappa shape index (κ1) is 17.4. The van der Waals surface area contributed by atoms with Gasteiger partial charge in [0.05, 0.1) is 6.04 Å². The lowest BCUT2D eigenvalue weighted by Crippen LogP contribution is -2.53. The molecule has 1 saturated heterocycles. The summed E-state index contributed by atoms with van der Waals surface area (Å²) in [7, 11) is 0. The van der Waals surface area contributed by atoms with E-state index in [2.05, 4.69) is 15.5 Å². The molecule has 0 aromatic carbocycles. The highest BCUT2D eigenvalue weighted by Crippen LogP contribution is 2.49. The zero-order valence-electron chi connectivity index (χ0n) is 14.6. The summed E-state index contributed by atoms with van der Waals surface area (Å²) >= 11 is 0. The van der Waals surface area contributed by atoms with E-state index in [-0.39, 0.29) is 29.1 Å². The molecule has 2 heterocycles. The summed E-state index contributed by atoms with van der Waals surface area (Å²) in [5, 5.41) is 8.49. The Morgan fingerprint density at radius 3 is 2.58 bits per heavy atom. The molecule has 2 saturated carbocycles. The number of aryl methyl sites for hydroxylation is 1. The quantitative estimate of drug-likeness (QED) is 0.857. The molecule has 3 fully saturated rings. The van der Waals surface area contributed by atoms with Crippen molar-refractivity contribution in [3.63, 3.8) is 0 Å². The molecule has 0 radical (unpaired) electrons. The van der Waals surface area contributed by atoms with Gasteiger partial charge in [-0.2, -0.15) is 18.3 Å². The minimum atomic E-state index is -4.65. The van der Waals surface area contributed by atoms with Gasteiger partial charge < -0.3 is 10.2 Å². The maximum Gasteiger partial charge on any atom is 0.420 e. The van der Waals surface area contributed by atoms with Crippen molar-refractivity contribution in [3.8, 4) is 0 Å². The number of piperidine rings is 1. The molecule has 3 aliphatic rings. The van der Waals surface area contributed by atoms with E-state index in [1.165, 1.54) is 6.92 Å². The zero-order chi connectivity index (χ0) is 18.9. The highest BCUT2D eigenvalue weighted by molar-refractivity contribution is 5.94. The van der Waals surface area contributed by atoms with Crippen molar-refractivity contribution in [2.75, 3.05) is 6.54 Å². The van der Waals surface area contributed by atoms with E-state index in [1.54, 1.807) is 0 Å². The van der Waals surface area contributed by atoms with Gasteiger partial charge in [0, 0.05) is 23.7 Å². The summed E-state index contributed by atoms with van der Waals surface area (Å²) in [5.41, 5.74) is -2.14. The number of aromatic amines is 1. The van der Waals surface area contributed by atoms with Gasteiger partial charge in [-0.1, -0.05) is 6.92 Å². The van der Waals surface area contributed by atoms with Crippen molar-refractivity contribution >= 4 is 11.8 Å². The number of H-pyrrole nitrogens is 1. The fourth-order valence-electron chi connectivity index (χ4n) is 4.34. The molecule has 0 unspecified atom stereocenters. The topological polar surface area (TPSA) is 78.1 Å². The SMILES string of the molecule is Cc1[nH]nc(C(=O)N[C@@H]2C[C@@H]3C[C@H]2N(C(=O)C2(C)CC2)C3)c1C(F)(F)F. The minimum Gasteiger partial charge on any atom is -0.346 e. The number of nitrogens with zero attached hydrogens (tertiary/aromatic N) is 2. The molecule has 9 heteroatoms. The van der Waals surface area contributed by atoms with Crippen LogP contribution in [0.15, 0.2) is 0 Å². The van der Waals surface area contributed by atoms with Crippen LogP contribution in [0.25, 0.3) is 0 Å². The fraction of sp³-hybridized carbons (Fsp3) is 0.706. The van der Waals surface area contributed by atoms with Crippen molar-refractivity contribution in [1.29, 1.82) is 0 Å². The number of alkyl halides is 3. The first-order chi connectivity index (χ1) is 12.1. The van der Waals surface area contributed by atoms with Gasteiger partial charge in [-0.3, -0.25) is 14.7 Å². The lowest BCUT2D eigenvalue weighted by Gasteiger charge is -2.35. The summed E-state index contributed by atoms with van der Waals surface area (Å²) in [4.78, 5) is 26.9.